The SMILES string of the molecule is Clc1nc(-c2ccc3c(c2)OCCO3)c2cn[nH]c2n1. The topological polar surface area (TPSA) is 72.9 Å². The van der Waals surface area contributed by atoms with Crippen LogP contribution < -0.4 is 9.47 Å². The molecular weight excluding hydrogens is 280 g/mol. The summed E-state index contributed by atoms with van der Waals surface area (Å²) in [7, 11) is 0. The molecule has 0 atom stereocenters. The second-order valence-corrected chi connectivity index (χ2v) is 4.67. The molecule has 0 amide bonds. The minimum atomic E-state index is 0.173. The fourth-order valence-electron chi connectivity index (χ4n) is 2.22. The van der Waals surface area contributed by atoms with E-state index in [1.165, 1.54) is 0 Å². The fourth-order valence-corrected chi connectivity index (χ4v) is 2.39. The number of fused-ring (bicyclic) bond motifs is 2. The number of H-pyrrole nitrogens is 1. The van der Waals surface area contributed by atoms with Crippen molar-refractivity contribution in [2.45, 2.75) is 0 Å². The van der Waals surface area contributed by atoms with Crippen LogP contribution in [0.4, 0.5) is 0 Å². The van der Waals surface area contributed by atoms with Crippen molar-refractivity contribution in [3.05, 3.63) is 29.7 Å². The summed E-state index contributed by atoms with van der Waals surface area (Å²) in [6.07, 6.45) is 1.68. The number of nitrogens with zero attached hydrogens (tertiary/aromatic N) is 3. The van der Waals surface area contributed by atoms with Gasteiger partial charge in [-0.1, -0.05) is 0 Å². The molecule has 0 bridgehead atoms. The molecule has 3 heterocycles. The van der Waals surface area contributed by atoms with E-state index in [4.69, 9.17) is 21.1 Å². The molecule has 0 saturated heterocycles. The number of halogens is 1. The van der Waals surface area contributed by atoms with Crippen molar-refractivity contribution in [1.29, 1.82) is 0 Å². The Balaban J connectivity index is 1.92. The molecule has 0 unspecified atom stereocenters. The van der Waals surface area contributed by atoms with Gasteiger partial charge in [-0.2, -0.15) is 10.1 Å². The Morgan fingerprint density at radius 3 is 2.85 bits per heavy atom. The fraction of sp³-hybridized carbons (Fsp3) is 0.154. The lowest BCUT2D eigenvalue weighted by atomic mass is 10.1. The molecular formula is C13H9ClN4O2. The molecule has 6 nitrogen and oxygen atoms in total. The van der Waals surface area contributed by atoms with Crippen molar-refractivity contribution >= 4 is 22.6 Å². The average Bonchev–Trinajstić information content (AvgIpc) is 2.94. The Morgan fingerprint density at radius 2 is 1.95 bits per heavy atom. The number of aromatic amines is 1. The quantitative estimate of drug-likeness (QED) is 0.696. The molecule has 1 aliphatic heterocycles. The van der Waals surface area contributed by atoms with E-state index in [2.05, 4.69) is 20.2 Å². The summed E-state index contributed by atoms with van der Waals surface area (Å²) in [5.74, 6) is 1.45. The van der Waals surface area contributed by atoms with Crippen LogP contribution in [0.15, 0.2) is 24.4 Å². The van der Waals surface area contributed by atoms with Gasteiger partial charge in [0.05, 0.1) is 17.3 Å². The van der Waals surface area contributed by atoms with Crippen LogP contribution in [0.3, 0.4) is 0 Å². The summed E-state index contributed by atoms with van der Waals surface area (Å²) in [6, 6.07) is 5.67. The van der Waals surface area contributed by atoms with Gasteiger partial charge in [0.1, 0.15) is 13.2 Å². The molecule has 0 aliphatic carbocycles. The smallest absolute Gasteiger partial charge is 0.224 e. The van der Waals surface area contributed by atoms with Crippen LogP contribution in [-0.2, 0) is 0 Å². The number of rotatable bonds is 1. The van der Waals surface area contributed by atoms with Gasteiger partial charge in [0.25, 0.3) is 0 Å². The summed E-state index contributed by atoms with van der Waals surface area (Å²) >= 11 is 5.95. The van der Waals surface area contributed by atoms with Crippen molar-refractivity contribution < 1.29 is 9.47 Å². The van der Waals surface area contributed by atoms with Crippen LogP contribution in [0, 0.1) is 0 Å². The zero-order chi connectivity index (χ0) is 13.5. The maximum Gasteiger partial charge on any atom is 0.224 e. The predicted molar refractivity (Wildman–Crippen MR) is 73.1 cm³/mol. The monoisotopic (exact) mass is 288 g/mol. The molecule has 1 N–H and O–H groups in total. The molecule has 0 radical (unpaired) electrons. The lowest BCUT2D eigenvalue weighted by Crippen LogP contribution is -2.15. The third-order valence-corrected chi connectivity index (χ3v) is 3.27. The van der Waals surface area contributed by atoms with Gasteiger partial charge in [0, 0.05) is 5.56 Å². The van der Waals surface area contributed by atoms with E-state index >= 15 is 0 Å². The number of nitrogens with one attached hydrogen (secondary N) is 1. The highest BCUT2D eigenvalue weighted by molar-refractivity contribution is 6.28. The Kier molecular flexibility index (Phi) is 2.50. The summed E-state index contributed by atoms with van der Waals surface area (Å²) in [5.41, 5.74) is 2.20. The summed E-state index contributed by atoms with van der Waals surface area (Å²) in [4.78, 5) is 8.38. The maximum absolute atomic E-state index is 5.95. The largest absolute Gasteiger partial charge is 0.486 e. The molecule has 3 aromatic rings. The van der Waals surface area contributed by atoms with Gasteiger partial charge in [0.2, 0.25) is 5.28 Å². The second-order valence-electron chi connectivity index (χ2n) is 4.33. The standard InChI is InChI=1S/C13H9ClN4O2/c14-13-16-11(8-6-15-18-12(8)17-13)7-1-2-9-10(5-7)20-4-3-19-9/h1-2,5-6H,3-4H2,(H,15,16,17,18). The van der Waals surface area contributed by atoms with E-state index in [9.17, 15) is 0 Å². The first kappa shape index (κ1) is 11.5. The Morgan fingerprint density at radius 1 is 1.10 bits per heavy atom. The lowest BCUT2D eigenvalue weighted by Gasteiger charge is -2.18. The van der Waals surface area contributed by atoms with Crippen molar-refractivity contribution in [2.24, 2.45) is 0 Å². The van der Waals surface area contributed by atoms with Crippen molar-refractivity contribution in [2.75, 3.05) is 13.2 Å². The molecule has 4 rings (SSSR count). The zero-order valence-corrected chi connectivity index (χ0v) is 11.0. The third-order valence-electron chi connectivity index (χ3n) is 3.10. The summed E-state index contributed by atoms with van der Waals surface area (Å²) < 4.78 is 11.1. The first-order chi connectivity index (χ1) is 9.81. The first-order valence-electron chi connectivity index (χ1n) is 6.08. The normalized spacial score (nSPS) is 13.7. The Bertz CT molecular complexity index is 802. The zero-order valence-electron chi connectivity index (χ0n) is 10.3. The molecule has 100 valence electrons. The highest BCUT2D eigenvalue weighted by Crippen LogP contribution is 2.35. The maximum atomic E-state index is 5.95. The van der Waals surface area contributed by atoms with Crippen molar-refractivity contribution in [3.63, 3.8) is 0 Å². The van der Waals surface area contributed by atoms with E-state index in [0.717, 1.165) is 16.7 Å². The second kappa shape index (κ2) is 4.35. The van der Waals surface area contributed by atoms with Gasteiger partial charge in [-0.25, -0.2) is 4.98 Å². The third kappa shape index (κ3) is 1.77. The van der Waals surface area contributed by atoms with Crippen LogP contribution in [0.2, 0.25) is 5.28 Å². The molecule has 7 heteroatoms. The number of aromatic nitrogens is 4. The minimum absolute atomic E-state index is 0.173. The van der Waals surface area contributed by atoms with E-state index in [1.54, 1.807) is 6.20 Å². The molecule has 0 spiro atoms. The highest BCUT2D eigenvalue weighted by atomic mass is 35.5. The van der Waals surface area contributed by atoms with E-state index in [-0.39, 0.29) is 5.28 Å². The van der Waals surface area contributed by atoms with Gasteiger partial charge in [-0.3, -0.25) is 5.10 Å². The molecule has 20 heavy (non-hydrogen) atoms. The highest BCUT2D eigenvalue weighted by Gasteiger charge is 2.16. The van der Waals surface area contributed by atoms with Crippen molar-refractivity contribution in [1.82, 2.24) is 20.2 Å². The number of hydrogen-bond acceptors (Lipinski definition) is 5. The lowest BCUT2D eigenvalue weighted by molar-refractivity contribution is 0.171. The van der Waals surface area contributed by atoms with Gasteiger partial charge in [-0.05, 0) is 29.8 Å². The minimum Gasteiger partial charge on any atom is -0.486 e. The number of benzene rings is 1. The Hall–Kier alpha value is -2.34. The molecule has 1 aromatic carbocycles. The van der Waals surface area contributed by atoms with Gasteiger partial charge in [0.15, 0.2) is 17.1 Å². The average molecular weight is 289 g/mol. The van der Waals surface area contributed by atoms with Gasteiger partial charge >= 0.3 is 0 Å². The molecule has 1 aliphatic rings. The predicted octanol–water partition coefficient (Wildman–Crippen LogP) is 2.44. The van der Waals surface area contributed by atoms with E-state index in [1.807, 2.05) is 18.2 Å². The van der Waals surface area contributed by atoms with Gasteiger partial charge < -0.3 is 9.47 Å². The van der Waals surface area contributed by atoms with Crippen LogP contribution in [-0.4, -0.2) is 33.4 Å². The number of ether oxygens (including phenoxy) is 2. The summed E-state index contributed by atoms with van der Waals surface area (Å²) in [6.45, 7) is 1.11. The summed E-state index contributed by atoms with van der Waals surface area (Å²) in [5, 5.41) is 7.75. The molecule has 0 saturated carbocycles. The Labute approximate surface area is 118 Å². The first-order valence-corrected chi connectivity index (χ1v) is 6.46. The molecule has 0 fully saturated rings. The van der Waals surface area contributed by atoms with Crippen LogP contribution in [0.25, 0.3) is 22.3 Å². The van der Waals surface area contributed by atoms with E-state index in [0.29, 0.717) is 30.3 Å². The van der Waals surface area contributed by atoms with Crippen LogP contribution in [0.5, 0.6) is 11.5 Å². The van der Waals surface area contributed by atoms with Crippen molar-refractivity contribution in [3.8, 4) is 22.8 Å². The number of hydrogen-bond donors (Lipinski definition) is 1. The van der Waals surface area contributed by atoms with Gasteiger partial charge in [-0.15, -0.1) is 0 Å². The van der Waals surface area contributed by atoms with Crippen LogP contribution >= 0.6 is 11.6 Å². The van der Waals surface area contributed by atoms with E-state index < -0.39 is 0 Å². The van der Waals surface area contributed by atoms with Crippen LogP contribution in [0.1, 0.15) is 0 Å². The molecule has 2 aromatic heterocycles.